The van der Waals surface area contributed by atoms with E-state index in [4.69, 9.17) is 17.7 Å². The Balaban J connectivity index is 1.68. The van der Waals surface area contributed by atoms with Crippen molar-refractivity contribution in [3.05, 3.63) is 12.0 Å². The SMILES string of the molecule is CC12CCC(O[Si](C)(C)C)CC1CCC1C2CCC2(C)C1CCC2(O[Si](C)(C)C)C(=CO[Si](C)(C)C)O[Si](C)(C)C. The van der Waals surface area contributed by atoms with Gasteiger partial charge in [0, 0.05) is 11.5 Å². The normalized spacial score (nSPS) is 40.4. The predicted octanol–water partition coefficient (Wildman–Crippen LogP) is 10.4. The van der Waals surface area contributed by atoms with E-state index in [-0.39, 0.29) is 11.0 Å². The van der Waals surface area contributed by atoms with Crippen LogP contribution in [-0.2, 0) is 17.7 Å². The van der Waals surface area contributed by atoms with Gasteiger partial charge >= 0.3 is 0 Å². The minimum Gasteiger partial charge on any atom is -0.547 e. The number of fused-ring (bicyclic) bond motifs is 5. The molecular formula is C33H66O4Si4. The van der Waals surface area contributed by atoms with E-state index in [1.165, 1.54) is 51.4 Å². The molecule has 0 saturated heterocycles. The van der Waals surface area contributed by atoms with Crippen molar-refractivity contribution in [3.8, 4) is 0 Å². The van der Waals surface area contributed by atoms with E-state index in [9.17, 15) is 0 Å². The maximum absolute atomic E-state index is 7.49. The van der Waals surface area contributed by atoms with Gasteiger partial charge in [-0.05, 0) is 165 Å². The molecule has 8 unspecified atom stereocenters. The molecule has 4 rings (SSSR count). The predicted molar refractivity (Wildman–Crippen MR) is 184 cm³/mol. The topological polar surface area (TPSA) is 36.9 Å². The maximum atomic E-state index is 7.49. The van der Waals surface area contributed by atoms with Gasteiger partial charge in [0.25, 0.3) is 0 Å². The highest BCUT2D eigenvalue weighted by molar-refractivity contribution is 6.71. The Bertz CT molecular complexity index is 974. The molecule has 41 heavy (non-hydrogen) atoms. The minimum absolute atomic E-state index is 0.0735. The molecule has 0 aromatic rings. The van der Waals surface area contributed by atoms with Crippen LogP contribution in [0.5, 0.6) is 0 Å². The van der Waals surface area contributed by atoms with Gasteiger partial charge in [0.2, 0.25) is 16.6 Å². The summed E-state index contributed by atoms with van der Waals surface area (Å²) in [5, 5.41) is 0. The van der Waals surface area contributed by atoms with Gasteiger partial charge in [0.1, 0.15) is 17.6 Å². The van der Waals surface area contributed by atoms with Gasteiger partial charge in [-0.2, -0.15) is 0 Å². The molecule has 4 saturated carbocycles. The standard InChI is InChI=1S/C33H66O4Si4/c1-31-20-17-26(35-39(6,7)8)23-25(31)15-16-27-28(31)18-21-32(2)29(27)19-22-33(32,37-41(12,13)14)30(36-40(9,10)11)24-34-38(3,4)5/h24-29H,15-23H2,1-14H3. The molecule has 4 nitrogen and oxygen atoms in total. The fourth-order valence-corrected chi connectivity index (χ4v) is 13.8. The molecule has 0 bridgehead atoms. The summed E-state index contributed by atoms with van der Waals surface area (Å²) in [6.07, 6.45) is 14.1. The largest absolute Gasteiger partial charge is 0.547 e. The van der Waals surface area contributed by atoms with Crippen LogP contribution in [-0.4, -0.2) is 45.0 Å². The second-order valence-corrected chi connectivity index (χ2v) is 36.5. The summed E-state index contributed by atoms with van der Waals surface area (Å²) >= 11 is 0. The van der Waals surface area contributed by atoms with E-state index in [1.54, 1.807) is 0 Å². The summed E-state index contributed by atoms with van der Waals surface area (Å²) < 4.78 is 27.8. The van der Waals surface area contributed by atoms with Gasteiger partial charge in [0.15, 0.2) is 16.6 Å². The van der Waals surface area contributed by atoms with Crippen molar-refractivity contribution < 1.29 is 17.7 Å². The van der Waals surface area contributed by atoms with Crippen LogP contribution in [0, 0.1) is 34.5 Å². The highest BCUT2D eigenvalue weighted by Gasteiger charge is 2.68. The molecule has 8 atom stereocenters. The zero-order valence-electron chi connectivity index (χ0n) is 29.5. The average Bonchev–Trinajstić information content (AvgIpc) is 3.06. The molecule has 0 radical (unpaired) electrons. The second kappa shape index (κ2) is 11.2. The quantitative estimate of drug-likeness (QED) is 0.186. The van der Waals surface area contributed by atoms with Crippen LogP contribution in [0.15, 0.2) is 12.0 Å². The van der Waals surface area contributed by atoms with E-state index in [2.05, 4.69) is 98.7 Å². The smallest absolute Gasteiger partial charge is 0.242 e. The van der Waals surface area contributed by atoms with Crippen LogP contribution in [0.4, 0.5) is 0 Å². The zero-order chi connectivity index (χ0) is 30.9. The van der Waals surface area contributed by atoms with Crippen LogP contribution in [0.3, 0.4) is 0 Å². The lowest BCUT2D eigenvalue weighted by Gasteiger charge is -2.62. The fourth-order valence-electron chi connectivity index (χ4n) is 9.73. The molecule has 8 heteroatoms. The van der Waals surface area contributed by atoms with Gasteiger partial charge < -0.3 is 17.7 Å². The fraction of sp³-hybridized carbons (Fsp3) is 0.939. The van der Waals surface area contributed by atoms with Crippen molar-refractivity contribution >= 4 is 33.3 Å². The molecule has 0 aliphatic heterocycles. The van der Waals surface area contributed by atoms with Crippen LogP contribution in [0.1, 0.15) is 71.6 Å². The lowest BCUT2D eigenvalue weighted by molar-refractivity contribution is -0.149. The first-order valence-corrected chi connectivity index (χ1v) is 30.6. The highest BCUT2D eigenvalue weighted by Crippen LogP contribution is 2.70. The molecule has 4 aliphatic carbocycles. The molecule has 4 aliphatic rings. The monoisotopic (exact) mass is 638 g/mol. The third-order valence-electron chi connectivity index (χ3n) is 11.1. The highest BCUT2D eigenvalue weighted by atomic mass is 28.4. The number of hydrogen-bond acceptors (Lipinski definition) is 4. The Labute approximate surface area is 258 Å². The van der Waals surface area contributed by atoms with Crippen LogP contribution in [0.2, 0.25) is 78.6 Å². The van der Waals surface area contributed by atoms with Crippen LogP contribution >= 0.6 is 0 Å². The van der Waals surface area contributed by atoms with Crippen molar-refractivity contribution in [3.63, 3.8) is 0 Å². The molecule has 0 aromatic carbocycles. The van der Waals surface area contributed by atoms with Gasteiger partial charge in [-0.25, -0.2) is 0 Å². The summed E-state index contributed by atoms with van der Waals surface area (Å²) in [4.78, 5) is 0. The first-order chi connectivity index (χ1) is 18.5. The molecule has 0 spiro atoms. The molecule has 4 fully saturated rings. The Hall–Kier alpha value is 0.128. The van der Waals surface area contributed by atoms with Crippen molar-refractivity contribution in [2.75, 3.05) is 0 Å². The summed E-state index contributed by atoms with van der Waals surface area (Å²) in [6, 6.07) is 0. The molecular weight excluding hydrogens is 573 g/mol. The van der Waals surface area contributed by atoms with Crippen LogP contribution < -0.4 is 0 Å². The maximum Gasteiger partial charge on any atom is 0.242 e. The third-order valence-corrected chi connectivity index (χ3v) is 14.7. The van der Waals surface area contributed by atoms with E-state index in [0.29, 0.717) is 17.4 Å². The van der Waals surface area contributed by atoms with E-state index in [0.717, 1.165) is 29.9 Å². The molecule has 0 amide bonds. The number of rotatable bonds is 9. The summed E-state index contributed by atoms with van der Waals surface area (Å²) in [7, 11) is -7.08. The lowest BCUT2D eigenvalue weighted by atomic mass is 9.44. The summed E-state index contributed by atoms with van der Waals surface area (Å²) in [5.41, 5.74) is 0.153. The van der Waals surface area contributed by atoms with Gasteiger partial charge in [0.05, 0.1) is 0 Å². The Morgan fingerprint density at radius 3 is 1.85 bits per heavy atom. The van der Waals surface area contributed by atoms with Crippen molar-refractivity contribution in [1.29, 1.82) is 0 Å². The molecule has 0 aromatic heterocycles. The first-order valence-electron chi connectivity index (χ1n) is 16.9. The molecule has 0 N–H and O–H groups in total. The summed E-state index contributed by atoms with van der Waals surface area (Å²) in [5.74, 6) is 4.17. The van der Waals surface area contributed by atoms with Crippen molar-refractivity contribution in [1.82, 2.24) is 0 Å². The van der Waals surface area contributed by atoms with Gasteiger partial charge in [-0.15, -0.1) is 0 Å². The Morgan fingerprint density at radius 2 is 1.29 bits per heavy atom. The van der Waals surface area contributed by atoms with Gasteiger partial charge in [-0.1, -0.05) is 13.8 Å². The lowest BCUT2D eigenvalue weighted by Crippen LogP contribution is -2.60. The Kier molecular flexibility index (Phi) is 9.27. The van der Waals surface area contributed by atoms with Crippen LogP contribution in [0.25, 0.3) is 0 Å². The molecule has 238 valence electrons. The second-order valence-electron chi connectivity index (χ2n) is 18.7. The minimum atomic E-state index is -1.91. The van der Waals surface area contributed by atoms with E-state index in [1.807, 2.05) is 0 Å². The van der Waals surface area contributed by atoms with Crippen molar-refractivity contribution in [2.24, 2.45) is 34.5 Å². The van der Waals surface area contributed by atoms with E-state index < -0.39 is 33.3 Å². The van der Waals surface area contributed by atoms with E-state index >= 15 is 0 Å². The van der Waals surface area contributed by atoms with Gasteiger partial charge in [-0.3, -0.25) is 0 Å². The van der Waals surface area contributed by atoms with Crippen molar-refractivity contribution in [2.45, 2.75) is 162 Å². The average molecular weight is 639 g/mol. The third kappa shape index (κ3) is 7.18. The Morgan fingerprint density at radius 1 is 0.659 bits per heavy atom. The zero-order valence-corrected chi connectivity index (χ0v) is 33.5. The summed E-state index contributed by atoms with van der Waals surface area (Å²) in [6.45, 7) is 33.2. The first kappa shape index (κ1) is 34.0. The molecule has 0 heterocycles. The number of hydrogen-bond donors (Lipinski definition) is 0.